The highest BCUT2D eigenvalue weighted by Gasteiger charge is 2.24. The van der Waals surface area contributed by atoms with Crippen molar-refractivity contribution < 1.29 is 24.0 Å². The molecule has 0 spiro atoms. The number of nitrogens with zero attached hydrogens (tertiary/aromatic N) is 5. The smallest absolute Gasteiger partial charge is 0.341 e. The van der Waals surface area contributed by atoms with Crippen LogP contribution in [0.15, 0.2) is 64.5 Å². The summed E-state index contributed by atoms with van der Waals surface area (Å²) in [6, 6.07) is 11.4. The SMILES string of the molecule is CCOC(=O)c1cc2c(=O)n3ccccc3nc2n(C[C@H]2CCCO2)c1=NC(=O)c1ccc([N+](=O)[O-])cc1. The number of pyridine rings is 2. The lowest BCUT2D eigenvalue weighted by atomic mass is 10.1. The van der Waals surface area contributed by atoms with Gasteiger partial charge in [0.2, 0.25) is 0 Å². The van der Waals surface area contributed by atoms with E-state index in [-0.39, 0.29) is 52.6 Å². The molecule has 12 heteroatoms. The lowest BCUT2D eigenvalue weighted by Gasteiger charge is -2.18. The Morgan fingerprint density at radius 2 is 2.03 bits per heavy atom. The molecule has 4 aromatic rings. The lowest BCUT2D eigenvalue weighted by Crippen LogP contribution is -2.35. The maximum absolute atomic E-state index is 13.4. The highest BCUT2D eigenvalue weighted by molar-refractivity contribution is 5.97. The third-order valence-corrected chi connectivity index (χ3v) is 6.23. The molecule has 1 aromatic carbocycles. The number of hydrogen-bond donors (Lipinski definition) is 0. The maximum Gasteiger partial charge on any atom is 0.341 e. The highest BCUT2D eigenvalue weighted by atomic mass is 16.6. The minimum atomic E-state index is -0.761. The van der Waals surface area contributed by atoms with Crippen molar-refractivity contribution in [2.45, 2.75) is 32.4 Å². The lowest BCUT2D eigenvalue weighted by molar-refractivity contribution is -0.384. The van der Waals surface area contributed by atoms with Crippen molar-refractivity contribution in [3.8, 4) is 0 Å². The van der Waals surface area contributed by atoms with E-state index in [0.29, 0.717) is 12.3 Å². The number of fused-ring (bicyclic) bond motifs is 2. The van der Waals surface area contributed by atoms with E-state index in [0.717, 1.165) is 12.8 Å². The molecule has 1 fully saturated rings. The topological polar surface area (TPSA) is 147 Å². The number of benzene rings is 1. The van der Waals surface area contributed by atoms with Crippen molar-refractivity contribution in [3.63, 3.8) is 0 Å². The molecule has 0 radical (unpaired) electrons. The summed E-state index contributed by atoms with van der Waals surface area (Å²) in [6.07, 6.45) is 2.91. The number of nitro benzene ring substituents is 1. The van der Waals surface area contributed by atoms with Crippen LogP contribution in [0.4, 0.5) is 5.69 Å². The van der Waals surface area contributed by atoms with E-state index in [4.69, 9.17) is 9.47 Å². The van der Waals surface area contributed by atoms with Crippen LogP contribution in [0.5, 0.6) is 0 Å². The molecule has 5 rings (SSSR count). The summed E-state index contributed by atoms with van der Waals surface area (Å²) in [4.78, 5) is 59.1. The Labute approximate surface area is 214 Å². The normalized spacial score (nSPS) is 15.7. The van der Waals surface area contributed by atoms with E-state index in [1.54, 1.807) is 35.9 Å². The Hall–Kier alpha value is -4.71. The first-order chi connectivity index (χ1) is 18.4. The highest BCUT2D eigenvalue weighted by Crippen LogP contribution is 2.18. The second-order valence-corrected chi connectivity index (χ2v) is 8.65. The second kappa shape index (κ2) is 10.3. The second-order valence-electron chi connectivity index (χ2n) is 8.65. The Morgan fingerprint density at radius 1 is 1.24 bits per heavy atom. The molecule has 12 nitrogen and oxygen atoms in total. The van der Waals surface area contributed by atoms with Crippen molar-refractivity contribution in [3.05, 3.63) is 91.8 Å². The van der Waals surface area contributed by atoms with Gasteiger partial charge in [-0.3, -0.25) is 24.1 Å². The predicted molar refractivity (Wildman–Crippen MR) is 135 cm³/mol. The number of amides is 1. The Kier molecular flexibility index (Phi) is 6.79. The van der Waals surface area contributed by atoms with Crippen LogP contribution in [0.3, 0.4) is 0 Å². The number of non-ortho nitro benzene ring substituents is 1. The van der Waals surface area contributed by atoms with Crippen molar-refractivity contribution in [1.82, 2.24) is 14.0 Å². The van der Waals surface area contributed by atoms with Gasteiger partial charge in [-0.2, -0.15) is 4.99 Å². The molecule has 194 valence electrons. The van der Waals surface area contributed by atoms with Crippen LogP contribution in [0, 0.1) is 10.1 Å². The summed E-state index contributed by atoms with van der Waals surface area (Å²) in [5.74, 6) is -1.49. The van der Waals surface area contributed by atoms with Crippen LogP contribution in [0.25, 0.3) is 16.7 Å². The molecule has 4 heterocycles. The first-order valence-electron chi connectivity index (χ1n) is 12.0. The molecule has 3 aromatic heterocycles. The van der Waals surface area contributed by atoms with Gasteiger partial charge in [0.05, 0.1) is 29.6 Å². The number of hydrogen-bond acceptors (Lipinski definition) is 8. The van der Waals surface area contributed by atoms with Gasteiger partial charge in [-0.1, -0.05) is 6.07 Å². The Bertz CT molecular complexity index is 1700. The summed E-state index contributed by atoms with van der Waals surface area (Å²) < 4.78 is 14.0. The van der Waals surface area contributed by atoms with E-state index >= 15 is 0 Å². The summed E-state index contributed by atoms with van der Waals surface area (Å²) in [5, 5.41) is 11.2. The molecule has 0 bridgehead atoms. The molecule has 1 amide bonds. The van der Waals surface area contributed by atoms with Gasteiger partial charge in [0.25, 0.3) is 17.2 Å². The maximum atomic E-state index is 13.4. The molecule has 38 heavy (non-hydrogen) atoms. The van der Waals surface area contributed by atoms with Crippen LogP contribution in [0.2, 0.25) is 0 Å². The third kappa shape index (κ3) is 4.68. The Morgan fingerprint density at radius 3 is 2.71 bits per heavy atom. The van der Waals surface area contributed by atoms with Gasteiger partial charge >= 0.3 is 5.97 Å². The van der Waals surface area contributed by atoms with Crippen LogP contribution in [0.1, 0.15) is 40.5 Å². The molecule has 1 aliphatic rings. The minimum absolute atomic E-state index is 0.0398. The number of aromatic nitrogens is 3. The standard InChI is InChI=1S/C26H23N5O7/c1-2-37-26(34)20-14-19-22(27-21-7-3-4-12-29(21)25(19)33)30(15-18-6-5-13-38-18)23(20)28-24(32)16-8-10-17(11-9-16)31(35)36/h3-4,7-12,14,18H,2,5-6,13,15H2,1H3/t18-/m1/s1. The summed E-state index contributed by atoms with van der Waals surface area (Å²) >= 11 is 0. The first kappa shape index (κ1) is 25.0. The van der Waals surface area contributed by atoms with Crippen molar-refractivity contribution in [1.29, 1.82) is 0 Å². The summed E-state index contributed by atoms with van der Waals surface area (Å²) in [7, 11) is 0. The van der Waals surface area contributed by atoms with Crippen LogP contribution < -0.4 is 11.0 Å². The fourth-order valence-corrected chi connectivity index (χ4v) is 4.41. The van der Waals surface area contributed by atoms with Crippen LogP contribution >= 0.6 is 0 Å². The van der Waals surface area contributed by atoms with Gasteiger partial charge in [0, 0.05) is 30.5 Å². The Balaban J connectivity index is 1.81. The predicted octanol–water partition coefficient (Wildman–Crippen LogP) is 2.65. The van der Waals surface area contributed by atoms with Gasteiger partial charge in [0.1, 0.15) is 16.9 Å². The van der Waals surface area contributed by atoms with E-state index in [9.17, 15) is 24.5 Å². The van der Waals surface area contributed by atoms with E-state index in [2.05, 4.69) is 9.98 Å². The van der Waals surface area contributed by atoms with Crippen molar-refractivity contribution in [2.24, 2.45) is 4.99 Å². The third-order valence-electron chi connectivity index (χ3n) is 6.23. The zero-order chi connectivity index (χ0) is 26.8. The molecule has 1 aliphatic heterocycles. The van der Waals surface area contributed by atoms with Gasteiger partial charge < -0.3 is 14.0 Å². The molecule has 0 aliphatic carbocycles. The number of nitro groups is 1. The largest absolute Gasteiger partial charge is 0.462 e. The zero-order valence-electron chi connectivity index (χ0n) is 20.4. The quantitative estimate of drug-likeness (QED) is 0.164. The fraction of sp³-hybridized carbons (Fsp3) is 0.269. The summed E-state index contributed by atoms with van der Waals surface area (Å²) in [5.41, 5.74) is 0.00246. The average molecular weight is 517 g/mol. The first-order valence-corrected chi connectivity index (χ1v) is 12.0. The minimum Gasteiger partial charge on any atom is -0.462 e. The average Bonchev–Trinajstić information content (AvgIpc) is 3.43. The van der Waals surface area contributed by atoms with E-state index < -0.39 is 22.4 Å². The number of carbonyl (C=O) groups excluding carboxylic acids is 2. The van der Waals surface area contributed by atoms with Crippen LogP contribution in [-0.4, -0.2) is 50.1 Å². The van der Waals surface area contributed by atoms with Crippen molar-refractivity contribution in [2.75, 3.05) is 13.2 Å². The van der Waals surface area contributed by atoms with Gasteiger partial charge in [0.15, 0.2) is 5.49 Å². The van der Waals surface area contributed by atoms with Gasteiger partial charge in [-0.25, -0.2) is 9.78 Å². The van der Waals surface area contributed by atoms with Crippen LogP contribution in [-0.2, 0) is 16.0 Å². The molecule has 0 saturated carbocycles. The van der Waals surface area contributed by atoms with E-state index in [1.807, 2.05) is 0 Å². The monoisotopic (exact) mass is 517 g/mol. The number of ether oxygens (including phenoxy) is 2. The van der Waals surface area contributed by atoms with Gasteiger partial charge in [-0.05, 0) is 50.1 Å². The molecule has 0 N–H and O–H groups in total. The molecular formula is C26H23N5O7. The van der Waals surface area contributed by atoms with Crippen molar-refractivity contribution >= 4 is 34.2 Å². The molecular weight excluding hydrogens is 494 g/mol. The number of carbonyl (C=O) groups is 2. The fourth-order valence-electron chi connectivity index (χ4n) is 4.41. The molecule has 0 unspecified atom stereocenters. The van der Waals surface area contributed by atoms with Gasteiger partial charge in [-0.15, -0.1) is 0 Å². The number of rotatable bonds is 6. The molecule has 1 saturated heterocycles. The molecule has 1 atom stereocenters. The number of esters is 1. The van der Waals surface area contributed by atoms with E-state index in [1.165, 1.54) is 34.7 Å². The summed E-state index contributed by atoms with van der Waals surface area (Å²) in [6.45, 7) is 2.45. The zero-order valence-corrected chi connectivity index (χ0v) is 20.4.